The van der Waals surface area contributed by atoms with Crippen molar-refractivity contribution in [1.82, 2.24) is 0 Å². The van der Waals surface area contributed by atoms with Crippen molar-refractivity contribution in [1.29, 1.82) is 0 Å². The summed E-state index contributed by atoms with van der Waals surface area (Å²) in [7, 11) is 0. The van der Waals surface area contributed by atoms with Gasteiger partial charge in [0.15, 0.2) is 5.05 Å². The number of allylic oxidation sites excluding steroid dienone is 7. The van der Waals surface area contributed by atoms with Gasteiger partial charge in [-0.25, -0.2) is 0 Å². The summed E-state index contributed by atoms with van der Waals surface area (Å²) in [6.07, 6.45) is 20.7. The third-order valence-corrected chi connectivity index (χ3v) is 5.14. The molecule has 0 aliphatic rings. The topological polar surface area (TPSA) is 9.23 Å². The van der Waals surface area contributed by atoms with Crippen molar-refractivity contribution in [3.05, 3.63) is 46.6 Å². The third kappa shape index (κ3) is 18.2. The van der Waals surface area contributed by atoms with E-state index >= 15 is 0 Å². The van der Waals surface area contributed by atoms with Crippen LogP contribution in [-0.4, -0.2) is 11.7 Å². The van der Waals surface area contributed by atoms with E-state index in [0.717, 1.165) is 50.0 Å². The van der Waals surface area contributed by atoms with Crippen LogP contribution in [0.5, 0.6) is 0 Å². The SMILES string of the molecule is CCCCCC(=S)OC/C=C(\C)CC/C=C(\C)CC/C=C(\C)CCC=C(C)C. The molecule has 0 radical (unpaired) electrons. The molecule has 0 unspecified atom stereocenters. The van der Waals surface area contributed by atoms with Crippen LogP contribution >= 0.6 is 12.2 Å². The fourth-order valence-electron chi connectivity index (χ4n) is 2.86. The molecule has 1 nitrogen and oxygen atoms in total. The maximum absolute atomic E-state index is 5.63. The minimum atomic E-state index is 0.621. The van der Waals surface area contributed by atoms with Gasteiger partial charge in [-0.05, 0) is 97.9 Å². The van der Waals surface area contributed by atoms with E-state index in [-0.39, 0.29) is 0 Å². The largest absolute Gasteiger partial charge is 0.483 e. The number of thiocarbonyl (C=S) groups is 1. The zero-order chi connectivity index (χ0) is 21.2. The lowest BCUT2D eigenvalue weighted by atomic mass is 10.0. The van der Waals surface area contributed by atoms with E-state index < -0.39 is 0 Å². The first-order valence-electron chi connectivity index (χ1n) is 11.1. The van der Waals surface area contributed by atoms with Gasteiger partial charge >= 0.3 is 0 Å². The molecule has 0 heterocycles. The van der Waals surface area contributed by atoms with Gasteiger partial charge in [-0.3, -0.25) is 0 Å². The van der Waals surface area contributed by atoms with Gasteiger partial charge in [0.1, 0.15) is 6.61 Å². The Bertz CT molecular complexity index is 545. The Labute approximate surface area is 181 Å². The highest BCUT2D eigenvalue weighted by Gasteiger charge is 1.97. The molecule has 0 atom stereocenters. The summed E-state index contributed by atoms with van der Waals surface area (Å²) in [5.74, 6) is 0. The standard InChI is InChI=1S/C26H44OS/c1-7-8-9-19-26(28)27-21-20-25(6)18-12-17-24(5)16-11-15-23(4)14-10-13-22(2)3/h13,15,17,20H,7-12,14,16,18-19,21H2,1-6H3/b23-15+,24-17+,25-20+. The first-order chi connectivity index (χ1) is 13.3. The van der Waals surface area contributed by atoms with Crippen molar-refractivity contribution < 1.29 is 4.74 Å². The molecular weight excluding hydrogens is 360 g/mol. The Morgan fingerprint density at radius 3 is 1.68 bits per heavy atom. The molecule has 0 aliphatic carbocycles. The maximum Gasteiger partial charge on any atom is 0.160 e. The van der Waals surface area contributed by atoms with Gasteiger partial charge in [0.05, 0.1) is 0 Å². The second-order valence-corrected chi connectivity index (χ2v) is 8.64. The number of hydrogen-bond acceptors (Lipinski definition) is 2. The van der Waals surface area contributed by atoms with E-state index in [1.54, 1.807) is 0 Å². The Morgan fingerprint density at radius 1 is 0.679 bits per heavy atom. The smallest absolute Gasteiger partial charge is 0.160 e. The molecule has 2 heteroatoms. The van der Waals surface area contributed by atoms with Gasteiger partial charge in [-0.15, -0.1) is 0 Å². The fourth-order valence-corrected chi connectivity index (χ4v) is 3.07. The Hall–Kier alpha value is -1.15. The van der Waals surface area contributed by atoms with Crippen molar-refractivity contribution in [2.75, 3.05) is 6.61 Å². The molecule has 0 saturated heterocycles. The average Bonchev–Trinajstić information content (AvgIpc) is 2.61. The quantitative estimate of drug-likeness (QED) is 0.153. The van der Waals surface area contributed by atoms with Crippen molar-refractivity contribution >= 4 is 17.3 Å². The van der Waals surface area contributed by atoms with Crippen molar-refractivity contribution in [2.24, 2.45) is 0 Å². The second-order valence-electron chi connectivity index (χ2n) is 8.19. The average molecular weight is 405 g/mol. The van der Waals surface area contributed by atoms with E-state index in [0.29, 0.717) is 6.61 Å². The zero-order valence-electron chi connectivity index (χ0n) is 19.4. The van der Waals surface area contributed by atoms with Crippen LogP contribution in [0, 0.1) is 0 Å². The molecular formula is C26H44OS. The lowest BCUT2D eigenvalue weighted by Crippen LogP contribution is -2.02. The molecule has 0 N–H and O–H groups in total. The Morgan fingerprint density at radius 2 is 1.18 bits per heavy atom. The minimum absolute atomic E-state index is 0.621. The highest BCUT2D eigenvalue weighted by molar-refractivity contribution is 7.80. The Kier molecular flexibility index (Phi) is 17.2. The number of unbranched alkanes of at least 4 members (excludes halogenated alkanes) is 2. The summed E-state index contributed by atoms with van der Waals surface area (Å²) in [4.78, 5) is 0. The first kappa shape index (κ1) is 26.9. The second kappa shape index (κ2) is 17.9. The Balaban J connectivity index is 3.97. The molecule has 160 valence electrons. The summed E-state index contributed by atoms with van der Waals surface area (Å²) in [6, 6.07) is 0. The molecule has 0 aliphatic heterocycles. The van der Waals surface area contributed by atoms with Gasteiger partial charge in [-0.1, -0.05) is 60.3 Å². The summed E-state index contributed by atoms with van der Waals surface area (Å²) >= 11 is 5.27. The molecule has 0 aromatic heterocycles. The van der Waals surface area contributed by atoms with E-state index in [9.17, 15) is 0 Å². The molecule has 0 aromatic carbocycles. The van der Waals surface area contributed by atoms with Gasteiger partial charge < -0.3 is 4.74 Å². The molecule has 28 heavy (non-hydrogen) atoms. The zero-order valence-corrected chi connectivity index (χ0v) is 20.2. The molecule has 0 rings (SSSR count). The highest BCUT2D eigenvalue weighted by Crippen LogP contribution is 2.13. The lowest BCUT2D eigenvalue weighted by molar-refractivity contribution is 0.347. The van der Waals surface area contributed by atoms with Gasteiger partial charge in [0.25, 0.3) is 0 Å². The third-order valence-electron chi connectivity index (χ3n) is 4.81. The summed E-state index contributed by atoms with van der Waals surface area (Å²) in [5, 5.41) is 0.762. The van der Waals surface area contributed by atoms with Crippen molar-refractivity contribution in [3.8, 4) is 0 Å². The van der Waals surface area contributed by atoms with Crippen molar-refractivity contribution in [2.45, 2.75) is 106 Å². The number of ether oxygens (including phenoxy) is 1. The molecule has 0 aromatic rings. The predicted molar refractivity (Wildman–Crippen MR) is 131 cm³/mol. The maximum atomic E-state index is 5.63. The van der Waals surface area contributed by atoms with E-state index in [1.165, 1.54) is 41.6 Å². The van der Waals surface area contributed by atoms with E-state index in [4.69, 9.17) is 17.0 Å². The van der Waals surface area contributed by atoms with E-state index in [2.05, 4.69) is 65.8 Å². The highest BCUT2D eigenvalue weighted by atomic mass is 32.1. The number of hydrogen-bond donors (Lipinski definition) is 0. The molecule has 0 spiro atoms. The number of rotatable bonds is 15. The van der Waals surface area contributed by atoms with Crippen LogP contribution in [0.3, 0.4) is 0 Å². The van der Waals surface area contributed by atoms with Crippen LogP contribution in [0.2, 0.25) is 0 Å². The predicted octanol–water partition coefficient (Wildman–Crippen LogP) is 9.06. The van der Waals surface area contributed by atoms with Crippen LogP contribution in [0.25, 0.3) is 0 Å². The van der Waals surface area contributed by atoms with Crippen LogP contribution < -0.4 is 0 Å². The van der Waals surface area contributed by atoms with Gasteiger partial charge in [0.2, 0.25) is 0 Å². The molecule has 0 amide bonds. The fraction of sp³-hybridized carbons (Fsp3) is 0.654. The monoisotopic (exact) mass is 404 g/mol. The normalized spacial score (nSPS) is 12.9. The summed E-state index contributed by atoms with van der Waals surface area (Å²) in [5.41, 5.74) is 5.80. The molecule has 0 fully saturated rings. The van der Waals surface area contributed by atoms with Crippen molar-refractivity contribution in [3.63, 3.8) is 0 Å². The van der Waals surface area contributed by atoms with Crippen LogP contribution in [0.15, 0.2) is 46.6 Å². The lowest BCUT2D eigenvalue weighted by Gasteiger charge is -2.06. The molecule has 0 saturated carbocycles. The van der Waals surface area contributed by atoms with Gasteiger partial charge in [-0.2, -0.15) is 0 Å². The van der Waals surface area contributed by atoms with Gasteiger partial charge in [0, 0.05) is 6.42 Å². The van der Waals surface area contributed by atoms with Crippen LogP contribution in [0.1, 0.15) is 106 Å². The first-order valence-corrected chi connectivity index (χ1v) is 11.5. The minimum Gasteiger partial charge on any atom is -0.483 e. The van der Waals surface area contributed by atoms with Crippen LogP contribution in [-0.2, 0) is 4.74 Å². The summed E-state index contributed by atoms with van der Waals surface area (Å²) < 4.78 is 5.63. The van der Waals surface area contributed by atoms with Crippen LogP contribution in [0.4, 0.5) is 0 Å². The summed E-state index contributed by atoms with van der Waals surface area (Å²) in [6.45, 7) is 13.9. The molecule has 0 bridgehead atoms. The van der Waals surface area contributed by atoms with E-state index in [1.807, 2.05) is 0 Å².